The van der Waals surface area contributed by atoms with Gasteiger partial charge in [0.1, 0.15) is 17.9 Å². The number of nitrogens with zero attached hydrogens (tertiary/aromatic N) is 2. The Balaban J connectivity index is 0.000000678. The number of hydrogen-bond acceptors (Lipinski definition) is 8. The van der Waals surface area contributed by atoms with Crippen molar-refractivity contribution in [3.63, 3.8) is 0 Å². The van der Waals surface area contributed by atoms with Crippen LogP contribution in [0.25, 0.3) is 0 Å². The molecule has 3 rings (SSSR count). The molecule has 3 atom stereocenters. The van der Waals surface area contributed by atoms with Crippen molar-refractivity contribution >= 4 is 12.0 Å². The average molecular weight is 511 g/mol. The SMILES string of the molecule is C/C=C\C(C)C=O.CC.CC(O)/C=C/O.COc1ccc(F)c(C2=NOC3(COCCN(C)C3)C2)c1. The van der Waals surface area contributed by atoms with E-state index in [9.17, 15) is 9.18 Å². The predicted molar refractivity (Wildman–Crippen MR) is 141 cm³/mol. The molecule has 3 unspecified atom stereocenters. The van der Waals surface area contributed by atoms with Gasteiger partial charge in [-0.3, -0.25) is 4.90 Å². The molecule has 9 heteroatoms. The van der Waals surface area contributed by atoms with Crippen molar-refractivity contribution in [2.24, 2.45) is 11.1 Å². The number of aliphatic hydroxyl groups excluding tert-OH is 2. The van der Waals surface area contributed by atoms with Crippen LogP contribution in [0.3, 0.4) is 0 Å². The van der Waals surface area contributed by atoms with E-state index in [1.807, 2.05) is 46.9 Å². The maximum Gasteiger partial charge on any atom is 0.178 e. The molecule has 2 aliphatic rings. The molecule has 1 fully saturated rings. The first-order valence-electron chi connectivity index (χ1n) is 12.1. The molecule has 1 aromatic rings. The first-order chi connectivity index (χ1) is 17.2. The third-order valence-corrected chi connectivity index (χ3v) is 4.94. The Bertz CT molecular complexity index is 844. The van der Waals surface area contributed by atoms with Gasteiger partial charge in [-0.15, -0.1) is 0 Å². The van der Waals surface area contributed by atoms with Crippen LogP contribution < -0.4 is 4.74 Å². The molecule has 8 nitrogen and oxygen atoms in total. The third kappa shape index (κ3) is 12.3. The van der Waals surface area contributed by atoms with E-state index in [2.05, 4.69) is 10.1 Å². The van der Waals surface area contributed by atoms with Crippen molar-refractivity contribution in [1.29, 1.82) is 0 Å². The highest BCUT2D eigenvalue weighted by Crippen LogP contribution is 2.31. The summed E-state index contributed by atoms with van der Waals surface area (Å²) < 4.78 is 24.8. The summed E-state index contributed by atoms with van der Waals surface area (Å²) >= 11 is 0. The summed E-state index contributed by atoms with van der Waals surface area (Å²) in [6, 6.07) is 4.63. The second-order valence-electron chi connectivity index (χ2n) is 8.23. The molecule has 204 valence electrons. The first-order valence-corrected chi connectivity index (χ1v) is 12.1. The predicted octanol–water partition coefficient (Wildman–Crippen LogP) is 4.52. The highest BCUT2D eigenvalue weighted by Gasteiger charge is 2.42. The second kappa shape index (κ2) is 18.5. The van der Waals surface area contributed by atoms with Crippen LogP contribution in [0, 0.1) is 11.7 Å². The van der Waals surface area contributed by atoms with Gasteiger partial charge in [0, 0.05) is 31.0 Å². The number of ether oxygens (including phenoxy) is 2. The van der Waals surface area contributed by atoms with Gasteiger partial charge in [-0.05, 0) is 45.2 Å². The van der Waals surface area contributed by atoms with Crippen molar-refractivity contribution in [3.8, 4) is 5.75 Å². The lowest BCUT2D eigenvalue weighted by Gasteiger charge is -2.27. The third-order valence-electron chi connectivity index (χ3n) is 4.94. The van der Waals surface area contributed by atoms with E-state index < -0.39 is 11.7 Å². The van der Waals surface area contributed by atoms with Gasteiger partial charge in [-0.25, -0.2) is 4.39 Å². The summed E-state index contributed by atoms with van der Waals surface area (Å²) in [5, 5.41) is 20.3. The van der Waals surface area contributed by atoms with E-state index in [-0.39, 0.29) is 11.7 Å². The second-order valence-corrected chi connectivity index (χ2v) is 8.23. The zero-order valence-corrected chi connectivity index (χ0v) is 22.6. The molecular weight excluding hydrogens is 467 g/mol. The fraction of sp³-hybridized carbons (Fsp3) is 0.556. The number of aliphatic hydroxyl groups is 2. The van der Waals surface area contributed by atoms with Gasteiger partial charge >= 0.3 is 0 Å². The number of benzene rings is 1. The molecule has 0 bridgehead atoms. The molecule has 0 aromatic heterocycles. The normalized spacial score (nSPS) is 21.0. The summed E-state index contributed by atoms with van der Waals surface area (Å²) in [6.45, 7) is 12.0. The van der Waals surface area contributed by atoms with Gasteiger partial charge in [0.25, 0.3) is 0 Å². The number of oxime groups is 1. The minimum absolute atomic E-state index is 0.0880. The zero-order chi connectivity index (χ0) is 27.6. The van der Waals surface area contributed by atoms with Gasteiger partial charge in [-0.1, -0.05) is 38.1 Å². The molecule has 1 spiro atoms. The highest BCUT2D eigenvalue weighted by molar-refractivity contribution is 6.02. The molecule has 1 saturated heterocycles. The van der Waals surface area contributed by atoms with Crippen LogP contribution in [0.2, 0.25) is 0 Å². The Labute approximate surface area is 215 Å². The summed E-state index contributed by atoms with van der Waals surface area (Å²) in [6.07, 6.45) is 6.74. The van der Waals surface area contributed by atoms with E-state index in [4.69, 9.17) is 24.5 Å². The van der Waals surface area contributed by atoms with E-state index >= 15 is 0 Å². The van der Waals surface area contributed by atoms with Crippen LogP contribution in [0.15, 0.2) is 47.8 Å². The molecule has 2 heterocycles. The molecule has 0 radical (unpaired) electrons. The fourth-order valence-corrected chi connectivity index (χ4v) is 3.25. The zero-order valence-electron chi connectivity index (χ0n) is 22.6. The van der Waals surface area contributed by atoms with E-state index in [0.717, 1.165) is 19.1 Å². The van der Waals surface area contributed by atoms with Crippen LogP contribution in [0.5, 0.6) is 5.75 Å². The van der Waals surface area contributed by atoms with Gasteiger partial charge in [-0.2, -0.15) is 0 Å². The minimum Gasteiger partial charge on any atom is -0.516 e. The lowest BCUT2D eigenvalue weighted by molar-refractivity contribution is -0.109. The number of hydrogen-bond donors (Lipinski definition) is 2. The fourth-order valence-electron chi connectivity index (χ4n) is 3.25. The summed E-state index contributed by atoms with van der Waals surface area (Å²) in [7, 11) is 3.57. The van der Waals surface area contributed by atoms with Crippen LogP contribution in [0.4, 0.5) is 4.39 Å². The summed E-state index contributed by atoms with van der Waals surface area (Å²) in [5.41, 5.74) is 0.513. The van der Waals surface area contributed by atoms with Gasteiger partial charge in [0.15, 0.2) is 5.60 Å². The Kier molecular flexibility index (Phi) is 17.1. The number of allylic oxidation sites excluding steroid dienone is 2. The van der Waals surface area contributed by atoms with Crippen molar-refractivity contribution < 1.29 is 33.7 Å². The molecule has 1 aromatic carbocycles. The molecule has 36 heavy (non-hydrogen) atoms. The quantitative estimate of drug-likeness (QED) is 0.341. The number of aldehydes is 1. The molecule has 2 aliphatic heterocycles. The smallest absolute Gasteiger partial charge is 0.178 e. The molecule has 0 aliphatic carbocycles. The van der Waals surface area contributed by atoms with E-state index in [0.29, 0.717) is 43.2 Å². The summed E-state index contributed by atoms with van der Waals surface area (Å²) in [4.78, 5) is 17.6. The Morgan fingerprint density at radius 3 is 2.47 bits per heavy atom. The largest absolute Gasteiger partial charge is 0.516 e. The highest BCUT2D eigenvalue weighted by atomic mass is 19.1. The van der Waals surface area contributed by atoms with Crippen molar-refractivity contribution in [3.05, 3.63) is 54.1 Å². The van der Waals surface area contributed by atoms with Crippen molar-refractivity contribution in [2.45, 2.75) is 52.7 Å². The van der Waals surface area contributed by atoms with E-state index in [1.54, 1.807) is 26.2 Å². The van der Waals surface area contributed by atoms with Gasteiger partial charge in [0.05, 0.1) is 38.4 Å². The number of carbonyl (C=O) groups is 1. The van der Waals surface area contributed by atoms with Crippen molar-refractivity contribution in [2.75, 3.05) is 40.5 Å². The molecular formula is C27H43FN2O6. The summed E-state index contributed by atoms with van der Waals surface area (Å²) in [5.74, 6) is 0.368. The van der Waals surface area contributed by atoms with Crippen LogP contribution in [-0.2, 0) is 14.4 Å². The molecule has 0 amide bonds. The number of methoxy groups -OCH3 is 1. The van der Waals surface area contributed by atoms with Crippen molar-refractivity contribution in [1.82, 2.24) is 4.90 Å². The Morgan fingerprint density at radius 2 is 1.97 bits per heavy atom. The minimum atomic E-state index is -0.532. The van der Waals surface area contributed by atoms with Crippen LogP contribution >= 0.6 is 0 Å². The lowest BCUT2D eigenvalue weighted by atomic mass is 9.94. The Morgan fingerprint density at radius 1 is 1.28 bits per heavy atom. The first kappa shape index (κ1) is 33.2. The monoisotopic (exact) mass is 510 g/mol. The average Bonchev–Trinajstić information content (AvgIpc) is 3.18. The van der Waals surface area contributed by atoms with Crippen LogP contribution in [0.1, 0.15) is 46.6 Å². The maximum absolute atomic E-state index is 14.0. The Hall–Kier alpha value is -2.75. The standard InChI is InChI=1S/C15H19FN2O3.C6H10O.C4H8O2.C2H6/c1-18-5-6-20-10-15(9-18)8-14(17-21-15)12-7-11(19-2)3-4-13(12)16;1-3-4-6(2)5-7;1-4(6)2-3-5;1-2/h3-4,7H,5-6,8-10H2,1-2H3;3-6H,1-2H3;2-6H,1H3;1-2H3/b;4-3-;3-2+;. The number of rotatable bonds is 5. The molecule has 2 N–H and O–H groups in total. The number of halogens is 1. The van der Waals surface area contributed by atoms with Crippen LogP contribution in [-0.4, -0.2) is 79.3 Å². The number of carbonyl (C=O) groups excluding carboxylic acids is 1. The van der Waals surface area contributed by atoms with Gasteiger partial charge < -0.3 is 29.3 Å². The topological polar surface area (TPSA) is 101 Å². The molecule has 0 saturated carbocycles. The lowest BCUT2D eigenvalue weighted by Crippen LogP contribution is -2.43. The maximum atomic E-state index is 14.0. The number of likely N-dealkylation sites (N-methyl/N-ethyl adjacent to an activating group) is 1. The van der Waals surface area contributed by atoms with E-state index in [1.165, 1.54) is 12.1 Å². The van der Waals surface area contributed by atoms with Gasteiger partial charge in [0.2, 0.25) is 0 Å².